The van der Waals surface area contributed by atoms with Crippen LogP contribution in [0.2, 0.25) is 0 Å². The average molecular weight is 1060 g/mol. The highest BCUT2D eigenvalue weighted by Gasteiger charge is 2.53. The third-order valence-electron chi connectivity index (χ3n) is 20.5. The predicted octanol–water partition coefficient (Wildman–Crippen LogP) is 6.76. The van der Waals surface area contributed by atoms with Crippen molar-refractivity contribution in [1.29, 1.82) is 0 Å². The Kier molecular flexibility index (Phi) is 18.0. The van der Waals surface area contributed by atoms with Crippen molar-refractivity contribution in [3.8, 4) is 23.0 Å². The van der Waals surface area contributed by atoms with Gasteiger partial charge in [-0.15, -0.1) is 0 Å². The lowest BCUT2D eigenvalue weighted by atomic mass is 9.62. The second-order valence-corrected chi connectivity index (χ2v) is 24.3. The van der Waals surface area contributed by atoms with Crippen LogP contribution in [0.25, 0.3) is 0 Å². The van der Waals surface area contributed by atoms with Crippen LogP contribution >= 0.6 is 0 Å². The number of benzene rings is 4. The van der Waals surface area contributed by atoms with E-state index >= 15 is 0 Å². The minimum Gasteiger partial charge on any atom is -0.497 e. The number of nitrogens with two attached hydrogens (primary N) is 1. The number of carbonyl (C=O) groups is 1. The van der Waals surface area contributed by atoms with E-state index in [1.54, 1.807) is 28.4 Å². The summed E-state index contributed by atoms with van der Waals surface area (Å²) < 4.78 is 21.6. The van der Waals surface area contributed by atoms with Crippen molar-refractivity contribution in [2.24, 2.45) is 5.73 Å². The first kappa shape index (κ1) is 58.6. The molecular formula is C64H96N8O5. The number of methoxy groups -OCH3 is 4. The second-order valence-electron chi connectivity index (χ2n) is 24.3. The molecule has 4 aromatic carbocycles. The van der Waals surface area contributed by atoms with Gasteiger partial charge in [-0.05, 0) is 234 Å². The Bertz CT molecular complexity index is 2490. The molecule has 13 nitrogen and oxygen atoms in total. The molecule has 4 heterocycles. The monoisotopic (exact) mass is 1060 g/mol. The number of hydrogen-bond acceptors (Lipinski definition) is 13. The van der Waals surface area contributed by atoms with E-state index in [2.05, 4.69) is 185 Å². The molecule has 1 unspecified atom stereocenters. The van der Waals surface area contributed by atoms with Gasteiger partial charge >= 0.3 is 0 Å². The number of Topliss-reactive ketones (excluding diaryl/α,β-unsaturated/α-hetero) is 1. The Labute approximate surface area is 463 Å². The van der Waals surface area contributed by atoms with Gasteiger partial charge in [0, 0.05) is 52.5 Å². The molecule has 0 spiro atoms. The Hall–Kier alpha value is -4.57. The summed E-state index contributed by atoms with van der Waals surface area (Å²) in [5, 5.41) is 10.7. The quantitative estimate of drug-likeness (QED) is 0.156. The number of carbonyl (C=O) groups excluding carboxylic acids is 1. The summed E-state index contributed by atoms with van der Waals surface area (Å²) in [6, 6.07) is 29.4. The van der Waals surface area contributed by atoms with Crippen LogP contribution in [0.15, 0.2) is 72.8 Å². The SMILES string of the molecule is CN.CNC1[C@H]2Cc3ccc(OC)cc3[C@@]1(C)CCN2C.CN[C@@H]1[C@H]2Cc3ccc(OC)cc3[C@@]1(C)CCN2C.CN[C@H]1[C@H]2Cc3ccc(OC)cc3[C@@]1(C)CCN2C.COc1ccc2c(c1)[C@]1(C)CCN(C)[C@H](C2)C1=O. The van der Waals surface area contributed by atoms with E-state index in [9.17, 15) is 4.79 Å². The first-order valence-corrected chi connectivity index (χ1v) is 28.5. The molecular weight excluding hydrogens is 961 g/mol. The Morgan fingerprint density at radius 1 is 0.442 bits per heavy atom. The topological polar surface area (TPSA) is 129 Å². The number of nitrogens with zero attached hydrogens (tertiary/aromatic N) is 4. The van der Waals surface area contributed by atoms with Gasteiger partial charge in [-0.3, -0.25) is 9.69 Å². The number of likely N-dealkylation sites (N-methyl/N-ethyl adjacent to an activating group) is 7. The summed E-state index contributed by atoms with van der Waals surface area (Å²) in [4.78, 5) is 22.3. The van der Waals surface area contributed by atoms with E-state index in [1.165, 1.54) is 90.5 Å². The third kappa shape index (κ3) is 10.5. The smallest absolute Gasteiger partial charge is 0.160 e. The fraction of sp³-hybridized carbons (Fsp3) is 0.609. The van der Waals surface area contributed by atoms with Crippen molar-refractivity contribution < 1.29 is 23.7 Å². The maximum atomic E-state index is 12.6. The fourth-order valence-corrected chi connectivity index (χ4v) is 15.7. The van der Waals surface area contributed by atoms with Gasteiger partial charge in [0.15, 0.2) is 5.78 Å². The van der Waals surface area contributed by atoms with E-state index in [4.69, 9.17) is 18.9 Å². The third-order valence-corrected chi connectivity index (χ3v) is 20.5. The predicted molar refractivity (Wildman–Crippen MR) is 314 cm³/mol. The molecule has 8 bridgehead atoms. The molecule has 0 radical (unpaired) electrons. The molecule has 4 fully saturated rings. The van der Waals surface area contributed by atoms with Crippen molar-refractivity contribution >= 4 is 5.78 Å². The summed E-state index contributed by atoms with van der Waals surface area (Å²) in [6.45, 7) is 13.8. The van der Waals surface area contributed by atoms with Crippen LogP contribution in [-0.2, 0) is 52.1 Å². The van der Waals surface area contributed by atoms with Crippen molar-refractivity contribution in [3.63, 3.8) is 0 Å². The zero-order valence-electron chi connectivity index (χ0n) is 49.9. The number of ketones is 1. The van der Waals surface area contributed by atoms with E-state index in [0.29, 0.717) is 42.0 Å². The largest absolute Gasteiger partial charge is 0.497 e. The van der Waals surface area contributed by atoms with Gasteiger partial charge in [0.05, 0.1) is 39.9 Å². The Morgan fingerprint density at radius 2 is 0.727 bits per heavy atom. The van der Waals surface area contributed by atoms with Crippen LogP contribution in [0, 0.1) is 0 Å². The van der Waals surface area contributed by atoms with Crippen LogP contribution in [-0.4, -0.2) is 179 Å². The number of piperidine rings is 4. The molecule has 0 amide bonds. The van der Waals surface area contributed by atoms with Crippen LogP contribution in [0.4, 0.5) is 0 Å². The van der Waals surface area contributed by atoms with Crippen molar-refractivity contribution in [2.45, 2.75) is 143 Å². The Morgan fingerprint density at radius 3 is 1.03 bits per heavy atom. The van der Waals surface area contributed by atoms with Gasteiger partial charge in [0.2, 0.25) is 0 Å². The highest BCUT2D eigenvalue weighted by atomic mass is 16.5. The maximum Gasteiger partial charge on any atom is 0.160 e. The van der Waals surface area contributed by atoms with Gasteiger partial charge in [0.1, 0.15) is 23.0 Å². The molecule has 4 saturated heterocycles. The van der Waals surface area contributed by atoms with E-state index in [1.807, 2.05) is 6.07 Å². The lowest BCUT2D eigenvalue weighted by Crippen LogP contribution is -2.65. The summed E-state index contributed by atoms with van der Waals surface area (Å²) in [7, 11) is 23.5. The first-order valence-electron chi connectivity index (χ1n) is 28.5. The summed E-state index contributed by atoms with van der Waals surface area (Å²) >= 11 is 0. The summed E-state index contributed by atoms with van der Waals surface area (Å²) in [5.41, 5.74) is 16.2. The number of likely N-dealkylation sites (tertiary alicyclic amines) is 4. The molecule has 5 N–H and O–H groups in total. The molecule has 0 saturated carbocycles. The van der Waals surface area contributed by atoms with Crippen molar-refractivity contribution in [2.75, 3.05) is 111 Å². The molecule has 12 rings (SSSR count). The fourth-order valence-electron chi connectivity index (χ4n) is 15.7. The molecule has 0 aromatic heterocycles. The van der Waals surface area contributed by atoms with E-state index in [-0.39, 0.29) is 27.7 Å². The van der Waals surface area contributed by atoms with Crippen LogP contribution in [0.3, 0.4) is 0 Å². The minimum atomic E-state index is -0.320. The highest BCUT2D eigenvalue weighted by molar-refractivity contribution is 5.97. The van der Waals surface area contributed by atoms with Gasteiger partial charge in [-0.25, -0.2) is 0 Å². The normalized spacial score (nSPS) is 32.4. The zero-order valence-corrected chi connectivity index (χ0v) is 49.9. The lowest BCUT2D eigenvalue weighted by Gasteiger charge is -2.54. The maximum absolute atomic E-state index is 12.6. The number of rotatable bonds is 7. The van der Waals surface area contributed by atoms with Gasteiger partial charge in [-0.2, -0.15) is 0 Å². The first-order chi connectivity index (χ1) is 36.8. The number of fused-ring (bicyclic) bond motifs is 16. The molecule has 11 atom stereocenters. The highest BCUT2D eigenvalue weighted by Crippen LogP contribution is 2.49. The Balaban J connectivity index is 0.000000134. The zero-order chi connectivity index (χ0) is 55.8. The molecule has 4 aliphatic heterocycles. The van der Waals surface area contributed by atoms with Crippen LogP contribution < -0.4 is 40.6 Å². The standard InChI is InChI=1S/3C16H24N2O.C15H19NO2.CH5N/c3*1-16-7-8-18(3)14(15(16)17-2)9-11-5-6-12(19-4)10-13(11)16;1-15-6-7-16(2)13(14(15)17)8-10-4-5-11(18-3)9-12(10)15;1-2/h3*5-6,10,14-15,17H,7-9H2,1-4H3;4-5,9,13H,6-8H2,1-3H3;2H2,1H3/t14-,15?,16-;14-,15+,16-;14-,15-,16-;13-,15+;/m1111./s1. The van der Waals surface area contributed by atoms with Crippen LogP contribution in [0.5, 0.6) is 23.0 Å². The summed E-state index contributed by atoms with van der Waals surface area (Å²) in [5.74, 6) is 4.16. The average Bonchev–Trinajstić information content (AvgIpc) is 3.46. The van der Waals surface area contributed by atoms with Crippen molar-refractivity contribution in [3.05, 3.63) is 117 Å². The number of ether oxygens (including phenoxy) is 4. The van der Waals surface area contributed by atoms with Crippen LogP contribution in [0.1, 0.15) is 97.9 Å². The van der Waals surface area contributed by atoms with E-state index < -0.39 is 0 Å². The van der Waals surface area contributed by atoms with Crippen molar-refractivity contribution in [1.82, 2.24) is 35.6 Å². The number of nitrogens with one attached hydrogen (secondary N) is 3. The number of hydrogen-bond donors (Lipinski definition) is 4. The van der Waals surface area contributed by atoms with Gasteiger partial charge in [-0.1, -0.05) is 45.0 Å². The summed E-state index contributed by atoms with van der Waals surface area (Å²) in [6.07, 6.45) is 8.75. The molecule has 13 heteroatoms. The van der Waals surface area contributed by atoms with E-state index in [0.717, 1.165) is 61.6 Å². The van der Waals surface area contributed by atoms with Gasteiger partial charge in [0.25, 0.3) is 0 Å². The molecule has 77 heavy (non-hydrogen) atoms. The molecule has 4 aliphatic carbocycles. The minimum absolute atomic E-state index is 0.0599. The molecule has 4 aromatic rings. The second kappa shape index (κ2) is 23.6. The molecule has 8 aliphatic rings. The molecule has 422 valence electrons. The van der Waals surface area contributed by atoms with Gasteiger partial charge < -0.3 is 55.3 Å². The lowest BCUT2D eigenvalue weighted by molar-refractivity contribution is -0.133.